The fraction of sp³-hybridized carbons (Fsp3) is 0.944. The number of rotatable bonds is 6. The molecule has 0 radical (unpaired) electrons. The molecule has 2 fully saturated rings. The van der Waals surface area contributed by atoms with Crippen molar-refractivity contribution in [2.75, 3.05) is 59.2 Å². The van der Waals surface area contributed by atoms with E-state index in [1.165, 1.54) is 0 Å². The Morgan fingerprint density at radius 3 is 2.60 bits per heavy atom. The predicted molar refractivity (Wildman–Crippen MR) is 94.6 cm³/mol. The summed E-state index contributed by atoms with van der Waals surface area (Å²) < 4.78 is 16.7. The van der Waals surface area contributed by atoms with Crippen molar-refractivity contribution in [1.82, 2.24) is 9.80 Å². The van der Waals surface area contributed by atoms with Crippen molar-refractivity contribution in [2.24, 2.45) is 5.92 Å². The Morgan fingerprint density at radius 1 is 1.24 bits per heavy atom. The number of aliphatic hydroxyl groups is 1. The Kier molecular flexibility index (Phi) is 7.93. The van der Waals surface area contributed by atoms with E-state index in [4.69, 9.17) is 14.2 Å². The van der Waals surface area contributed by atoms with Crippen LogP contribution in [0.2, 0.25) is 0 Å². The third-order valence-electron chi connectivity index (χ3n) is 4.65. The molecule has 146 valence electrons. The van der Waals surface area contributed by atoms with Crippen LogP contribution in [0.15, 0.2) is 0 Å². The van der Waals surface area contributed by atoms with Crippen LogP contribution in [0.3, 0.4) is 0 Å². The summed E-state index contributed by atoms with van der Waals surface area (Å²) in [6.45, 7) is 11.9. The van der Waals surface area contributed by atoms with Gasteiger partial charge in [0, 0.05) is 32.1 Å². The number of aliphatic hydroxyl groups excluding tert-OH is 1. The first-order chi connectivity index (χ1) is 11.9. The molecule has 7 nitrogen and oxygen atoms in total. The van der Waals surface area contributed by atoms with Gasteiger partial charge in [0.25, 0.3) is 0 Å². The van der Waals surface area contributed by atoms with Crippen molar-refractivity contribution in [2.45, 2.75) is 45.3 Å². The highest BCUT2D eigenvalue weighted by Gasteiger charge is 2.34. The molecule has 2 rings (SSSR count). The number of hydrogen-bond donors (Lipinski definition) is 1. The number of carbonyl (C=O) groups is 1. The maximum absolute atomic E-state index is 12.4. The highest BCUT2D eigenvalue weighted by atomic mass is 16.6. The SMILES string of the molecule is CC(C)(C)OC(=O)N1CC(COCCN2CCOCC2)CCC1CO. The van der Waals surface area contributed by atoms with Gasteiger partial charge in [-0.3, -0.25) is 4.90 Å². The molecule has 1 amide bonds. The van der Waals surface area contributed by atoms with Gasteiger partial charge in [-0.15, -0.1) is 0 Å². The third-order valence-corrected chi connectivity index (χ3v) is 4.65. The molecule has 0 aliphatic carbocycles. The van der Waals surface area contributed by atoms with Crippen molar-refractivity contribution in [1.29, 1.82) is 0 Å². The van der Waals surface area contributed by atoms with Crippen LogP contribution in [0.4, 0.5) is 4.79 Å². The lowest BCUT2D eigenvalue weighted by molar-refractivity contribution is -0.0207. The van der Waals surface area contributed by atoms with Gasteiger partial charge in [-0.2, -0.15) is 0 Å². The molecule has 0 aromatic rings. The van der Waals surface area contributed by atoms with Crippen molar-refractivity contribution in [3.8, 4) is 0 Å². The van der Waals surface area contributed by atoms with E-state index >= 15 is 0 Å². The molecule has 0 spiro atoms. The van der Waals surface area contributed by atoms with E-state index in [9.17, 15) is 9.90 Å². The number of hydrogen-bond acceptors (Lipinski definition) is 6. The smallest absolute Gasteiger partial charge is 0.410 e. The Morgan fingerprint density at radius 2 is 1.96 bits per heavy atom. The van der Waals surface area contributed by atoms with Crippen LogP contribution in [-0.2, 0) is 14.2 Å². The summed E-state index contributed by atoms with van der Waals surface area (Å²) in [6, 6.07) is -0.153. The highest BCUT2D eigenvalue weighted by molar-refractivity contribution is 5.68. The number of morpholine rings is 1. The van der Waals surface area contributed by atoms with Crippen molar-refractivity contribution < 1.29 is 24.1 Å². The van der Waals surface area contributed by atoms with Gasteiger partial charge in [0.2, 0.25) is 0 Å². The Balaban J connectivity index is 1.73. The van der Waals surface area contributed by atoms with Crippen LogP contribution >= 0.6 is 0 Å². The Hall–Kier alpha value is -0.890. The van der Waals surface area contributed by atoms with Crippen LogP contribution in [0.25, 0.3) is 0 Å². The monoisotopic (exact) mass is 358 g/mol. The summed E-state index contributed by atoms with van der Waals surface area (Å²) in [4.78, 5) is 16.4. The largest absolute Gasteiger partial charge is 0.444 e. The van der Waals surface area contributed by atoms with Gasteiger partial charge in [0.1, 0.15) is 5.60 Å². The van der Waals surface area contributed by atoms with Gasteiger partial charge < -0.3 is 24.2 Å². The summed E-state index contributed by atoms with van der Waals surface area (Å²) in [7, 11) is 0. The first-order valence-electron chi connectivity index (χ1n) is 9.37. The van der Waals surface area contributed by atoms with Crippen molar-refractivity contribution in [3.05, 3.63) is 0 Å². The van der Waals surface area contributed by atoms with Gasteiger partial charge in [0.05, 0.1) is 39.1 Å². The van der Waals surface area contributed by atoms with E-state index in [2.05, 4.69) is 4.90 Å². The fourth-order valence-corrected chi connectivity index (χ4v) is 3.24. The molecule has 2 aliphatic rings. The summed E-state index contributed by atoms with van der Waals surface area (Å²) in [5, 5.41) is 9.56. The first-order valence-corrected chi connectivity index (χ1v) is 9.37. The summed E-state index contributed by atoms with van der Waals surface area (Å²) >= 11 is 0. The molecule has 2 atom stereocenters. The van der Waals surface area contributed by atoms with E-state index in [0.717, 1.165) is 45.7 Å². The molecule has 2 saturated heterocycles. The number of carbonyl (C=O) groups excluding carboxylic acids is 1. The lowest BCUT2D eigenvalue weighted by atomic mass is 9.94. The number of amides is 1. The predicted octanol–water partition coefficient (Wildman–Crippen LogP) is 1.34. The minimum absolute atomic E-state index is 0.0240. The minimum Gasteiger partial charge on any atom is -0.444 e. The topological polar surface area (TPSA) is 71.5 Å². The highest BCUT2D eigenvalue weighted by Crippen LogP contribution is 2.24. The molecule has 0 aromatic carbocycles. The van der Waals surface area contributed by atoms with Crippen LogP contribution in [0.1, 0.15) is 33.6 Å². The van der Waals surface area contributed by atoms with E-state index in [1.807, 2.05) is 20.8 Å². The number of nitrogens with zero attached hydrogens (tertiary/aromatic N) is 2. The molecule has 0 bridgehead atoms. The second-order valence-corrected chi connectivity index (χ2v) is 7.94. The average molecular weight is 358 g/mol. The zero-order chi connectivity index (χ0) is 18.3. The zero-order valence-electron chi connectivity index (χ0n) is 15.9. The Bertz CT molecular complexity index is 407. The van der Waals surface area contributed by atoms with Crippen LogP contribution in [0, 0.1) is 5.92 Å². The lowest BCUT2D eigenvalue weighted by Crippen LogP contribution is -2.51. The summed E-state index contributed by atoms with van der Waals surface area (Å²) in [5.41, 5.74) is -0.529. The summed E-state index contributed by atoms with van der Waals surface area (Å²) in [6.07, 6.45) is 1.40. The van der Waals surface area contributed by atoms with Crippen LogP contribution in [-0.4, -0.2) is 91.9 Å². The number of ether oxygens (including phenoxy) is 3. The molecule has 1 N–H and O–H groups in total. The molecule has 7 heteroatoms. The molecule has 0 aromatic heterocycles. The van der Waals surface area contributed by atoms with Crippen molar-refractivity contribution >= 4 is 6.09 Å². The molecule has 2 aliphatic heterocycles. The van der Waals surface area contributed by atoms with Crippen LogP contribution < -0.4 is 0 Å². The lowest BCUT2D eigenvalue weighted by Gasteiger charge is -2.39. The van der Waals surface area contributed by atoms with Gasteiger partial charge in [-0.05, 0) is 33.6 Å². The molecular formula is C18H34N2O5. The number of likely N-dealkylation sites (tertiary alicyclic amines) is 1. The van der Waals surface area contributed by atoms with Gasteiger partial charge >= 0.3 is 6.09 Å². The zero-order valence-corrected chi connectivity index (χ0v) is 15.9. The van der Waals surface area contributed by atoms with Crippen molar-refractivity contribution in [3.63, 3.8) is 0 Å². The second-order valence-electron chi connectivity index (χ2n) is 7.94. The second kappa shape index (κ2) is 9.71. The molecule has 25 heavy (non-hydrogen) atoms. The van der Waals surface area contributed by atoms with Gasteiger partial charge in [-0.1, -0.05) is 0 Å². The first kappa shape index (κ1) is 20.4. The Labute approximate surface area is 151 Å². The average Bonchev–Trinajstić information content (AvgIpc) is 2.58. The number of piperidine rings is 1. The standard InChI is InChI=1S/C18H34N2O5/c1-18(2,3)25-17(22)20-12-15(4-5-16(20)13-21)14-24-11-8-19-6-9-23-10-7-19/h15-16,21H,4-14H2,1-3H3. The van der Waals surface area contributed by atoms with E-state index in [-0.39, 0.29) is 18.7 Å². The maximum Gasteiger partial charge on any atom is 0.410 e. The quantitative estimate of drug-likeness (QED) is 0.723. The molecule has 0 saturated carbocycles. The summed E-state index contributed by atoms with van der Waals surface area (Å²) in [5.74, 6) is 0.292. The molecular weight excluding hydrogens is 324 g/mol. The van der Waals surface area contributed by atoms with Gasteiger partial charge in [-0.25, -0.2) is 4.79 Å². The van der Waals surface area contributed by atoms with Crippen LogP contribution in [0.5, 0.6) is 0 Å². The van der Waals surface area contributed by atoms with E-state index in [0.29, 0.717) is 25.7 Å². The molecule has 2 heterocycles. The van der Waals surface area contributed by atoms with Gasteiger partial charge in [0.15, 0.2) is 0 Å². The molecule has 2 unspecified atom stereocenters. The normalized spacial score (nSPS) is 25.8. The fourth-order valence-electron chi connectivity index (χ4n) is 3.24. The minimum atomic E-state index is -0.529. The maximum atomic E-state index is 12.4. The van der Waals surface area contributed by atoms with E-state index < -0.39 is 5.60 Å². The van der Waals surface area contributed by atoms with E-state index in [1.54, 1.807) is 4.90 Å². The third kappa shape index (κ3) is 7.09.